The topological polar surface area (TPSA) is 63.4 Å². The van der Waals surface area contributed by atoms with Crippen LogP contribution in [0.1, 0.15) is 17.0 Å². The lowest BCUT2D eigenvalue weighted by Gasteiger charge is -2.22. The molecule has 2 heterocycles. The Bertz CT molecular complexity index is 942. The van der Waals surface area contributed by atoms with Crippen LogP contribution in [0.3, 0.4) is 0 Å². The predicted molar refractivity (Wildman–Crippen MR) is 95.6 cm³/mol. The van der Waals surface area contributed by atoms with Gasteiger partial charge in [-0.15, -0.1) is 0 Å². The Labute approximate surface area is 151 Å². The fourth-order valence-electron chi connectivity index (χ4n) is 2.48. The van der Waals surface area contributed by atoms with E-state index in [1.165, 1.54) is 10.6 Å². The first kappa shape index (κ1) is 17.7. The molecule has 0 N–H and O–H groups in total. The van der Waals surface area contributed by atoms with Crippen molar-refractivity contribution in [3.8, 4) is 0 Å². The Hall–Kier alpha value is -2.15. The van der Waals surface area contributed by atoms with Gasteiger partial charge in [-0.05, 0) is 48.9 Å². The van der Waals surface area contributed by atoms with Gasteiger partial charge in [-0.1, -0.05) is 23.7 Å². The zero-order valence-corrected chi connectivity index (χ0v) is 15.2. The van der Waals surface area contributed by atoms with E-state index in [1.807, 2.05) is 6.07 Å². The van der Waals surface area contributed by atoms with Crippen LogP contribution < -0.4 is 0 Å². The van der Waals surface area contributed by atoms with Gasteiger partial charge in [-0.25, -0.2) is 8.42 Å². The minimum absolute atomic E-state index is 0.109. The van der Waals surface area contributed by atoms with Gasteiger partial charge in [0, 0.05) is 11.2 Å². The number of nitrogens with zero attached hydrogens (tertiary/aromatic N) is 2. The van der Waals surface area contributed by atoms with Crippen LogP contribution in [0.2, 0.25) is 5.02 Å². The number of hydrogen-bond acceptors (Lipinski definition) is 4. The summed E-state index contributed by atoms with van der Waals surface area (Å²) in [5.74, 6) is 0.555. The second-order valence-corrected chi connectivity index (χ2v) is 7.85. The van der Waals surface area contributed by atoms with Crippen molar-refractivity contribution in [2.24, 2.45) is 0 Å². The summed E-state index contributed by atoms with van der Waals surface area (Å²) in [6.45, 7) is 1.94. The molecular weight excluding hydrogens is 360 g/mol. The molecule has 0 saturated carbocycles. The molecule has 2 aromatic heterocycles. The van der Waals surface area contributed by atoms with Gasteiger partial charge in [0.15, 0.2) is 0 Å². The second kappa shape index (κ2) is 7.39. The van der Waals surface area contributed by atoms with Gasteiger partial charge >= 0.3 is 0 Å². The summed E-state index contributed by atoms with van der Waals surface area (Å²) < 4.78 is 33.1. The monoisotopic (exact) mass is 376 g/mol. The van der Waals surface area contributed by atoms with Gasteiger partial charge in [0.2, 0.25) is 10.0 Å². The molecule has 0 radical (unpaired) electrons. The summed E-state index contributed by atoms with van der Waals surface area (Å²) in [5.41, 5.74) is 1.17. The molecule has 0 saturated heterocycles. The van der Waals surface area contributed by atoms with Crippen LogP contribution in [-0.4, -0.2) is 17.7 Å². The van der Waals surface area contributed by atoms with Crippen LogP contribution in [0.25, 0.3) is 0 Å². The molecule has 7 heteroatoms. The third-order valence-electron chi connectivity index (χ3n) is 3.81. The van der Waals surface area contributed by atoms with Crippen molar-refractivity contribution in [2.75, 3.05) is 0 Å². The minimum atomic E-state index is -3.78. The van der Waals surface area contributed by atoms with E-state index in [0.29, 0.717) is 22.0 Å². The van der Waals surface area contributed by atoms with Crippen molar-refractivity contribution in [2.45, 2.75) is 24.9 Å². The molecule has 0 atom stereocenters. The molecule has 0 bridgehead atoms. The smallest absolute Gasteiger partial charge is 0.244 e. The Balaban J connectivity index is 2.01. The first-order valence-electron chi connectivity index (χ1n) is 7.66. The quantitative estimate of drug-likeness (QED) is 0.651. The van der Waals surface area contributed by atoms with Crippen LogP contribution in [0.15, 0.2) is 70.3 Å². The number of furan rings is 1. The number of hydrogen-bond donors (Lipinski definition) is 0. The summed E-state index contributed by atoms with van der Waals surface area (Å²) in [7, 11) is -3.78. The standard InChI is InChI=1S/C18H17ClN2O3S/c1-14-17(19)8-4-9-18(14)25(22,23)21(13-16-7-5-11-24-16)12-15-6-2-3-10-20-15/h2-11H,12-13H2,1H3. The van der Waals surface area contributed by atoms with Crippen LogP contribution in [-0.2, 0) is 23.1 Å². The third-order valence-corrected chi connectivity index (χ3v) is 6.16. The van der Waals surface area contributed by atoms with Crippen molar-refractivity contribution < 1.29 is 12.8 Å². The van der Waals surface area contributed by atoms with Crippen molar-refractivity contribution >= 4 is 21.6 Å². The first-order chi connectivity index (χ1) is 12.0. The summed E-state index contributed by atoms with van der Waals surface area (Å²) in [6, 6.07) is 13.7. The zero-order chi connectivity index (χ0) is 17.9. The Morgan fingerprint density at radius 2 is 1.92 bits per heavy atom. The lowest BCUT2D eigenvalue weighted by atomic mass is 10.2. The van der Waals surface area contributed by atoms with E-state index >= 15 is 0 Å². The zero-order valence-electron chi connectivity index (χ0n) is 13.6. The Morgan fingerprint density at radius 3 is 2.60 bits per heavy atom. The van der Waals surface area contributed by atoms with Crippen molar-refractivity contribution in [1.82, 2.24) is 9.29 Å². The van der Waals surface area contributed by atoms with E-state index in [2.05, 4.69) is 4.98 Å². The molecule has 130 valence electrons. The number of rotatable bonds is 6. The minimum Gasteiger partial charge on any atom is -0.468 e. The molecule has 0 aliphatic heterocycles. The molecule has 0 aliphatic carbocycles. The molecule has 3 rings (SSSR count). The molecule has 3 aromatic rings. The van der Waals surface area contributed by atoms with E-state index in [4.69, 9.17) is 16.0 Å². The summed E-state index contributed by atoms with van der Waals surface area (Å²) in [5, 5.41) is 0.414. The number of benzene rings is 1. The maximum atomic E-state index is 13.2. The lowest BCUT2D eigenvalue weighted by molar-refractivity contribution is 0.355. The van der Waals surface area contributed by atoms with Crippen molar-refractivity contribution in [3.63, 3.8) is 0 Å². The normalized spacial score (nSPS) is 11.8. The largest absolute Gasteiger partial charge is 0.468 e. The summed E-state index contributed by atoms with van der Waals surface area (Å²) in [6.07, 6.45) is 3.16. The second-order valence-electron chi connectivity index (χ2n) is 5.54. The molecular formula is C18H17ClN2O3S. The van der Waals surface area contributed by atoms with Gasteiger partial charge in [-0.3, -0.25) is 4.98 Å². The van der Waals surface area contributed by atoms with Crippen LogP contribution in [0.5, 0.6) is 0 Å². The number of aromatic nitrogens is 1. The van der Waals surface area contributed by atoms with Gasteiger partial charge < -0.3 is 4.42 Å². The maximum absolute atomic E-state index is 13.2. The molecule has 0 spiro atoms. The van der Waals surface area contributed by atoms with Crippen molar-refractivity contribution in [3.05, 3.63) is 83.0 Å². The van der Waals surface area contributed by atoms with Gasteiger partial charge in [-0.2, -0.15) is 4.31 Å². The Kier molecular flexibility index (Phi) is 5.22. The average molecular weight is 377 g/mol. The van der Waals surface area contributed by atoms with Crippen LogP contribution in [0, 0.1) is 6.92 Å². The first-order valence-corrected chi connectivity index (χ1v) is 9.48. The number of pyridine rings is 1. The van der Waals surface area contributed by atoms with E-state index in [9.17, 15) is 8.42 Å². The van der Waals surface area contributed by atoms with E-state index in [-0.39, 0.29) is 18.0 Å². The lowest BCUT2D eigenvalue weighted by Crippen LogP contribution is -2.31. The molecule has 0 unspecified atom stereocenters. The van der Waals surface area contributed by atoms with Crippen molar-refractivity contribution in [1.29, 1.82) is 0 Å². The molecule has 0 aliphatic rings. The fraction of sp³-hybridized carbons (Fsp3) is 0.167. The highest BCUT2D eigenvalue weighted by molar-refractivity contribution is 7.89. The Morgan fingerprint density at radius 1 is 1.08 bits per heavy atom. The number of sulfonamides is 1. The molecule has 25 heavy (non-hydrogen) atoms. The third kappa shape index (κ3) is 3.92. The summed E-state index contributed by atoms with van der Waals surface area (Å²) in [4.78, 5) is 4.42. The SMILES string of the molecule is Cc1c(Cl)cccc1S(=O)(=O)N(Cc1ccccn1)Cc1ccco1. The predicted octanol–water partition coefficient (Wildman–Crippen LogP) is 4.03. The van der Waals surface area contributed by atoms with Gasteiger partial charge in [0.25, 0.3) is 0 Å². The van der Waals surface area contributed by atoms with Gasteiger partial charge in [0.05, 0.1) is 29.9 Å². The highest BCUT2D eigenvalue weighted by Gasteiger charge is 2.28. The highest BCUT2D eigenvalue weighted by Crippen LogP contribution is 2.27. The van der Waals surface area contributed by atoms with E-state index < -0.39 is 10.0 Å². The maximum Gasteiger partial charge on any atom is 0.244 e. The van der Waals surface area contributed by atoms with E-state index in [0.717, 1.165) is 0 Å². The highest BCUT2D eigenvalue weighted by atomic mass is 35.5. The summed E-state index contributed by atoms with van der Waals surface area (Å²) >= 11 is 6.11. The molecule has 0 amide bonds. The fourth-order valence-corrected chi connectivity index (χ4v) is 4.34. The number of halogens is 1. The molecule has 5 nitrogen and oxygen atoms in total. The molecule has 1 aromatic carbocycles. The van der Waals surface area contributed by atoms with Crippen LogP contribution in [0.4, 0.5) is 0 Å². The van der Waals surface area contributed by atoms with Crippen LogP contribution >= 0.6 is 11.6 Å². The average Bonchev–Trinajstić information content (AvgIpc) is 3.11. The van der Waals surface area contributed by atoms with E-state index in [1.54, 1.807) is 55.6 Å². The van der Waals surface area contributed by atoms with Gasteiger partial charge in [0.1, 0.15) is 5.76 Å². The molecule has 0 fully saturated rings.